The van der Waals surface area contributed by atoms with Gasteiger partial charge in [0.2, 0.25) is 0 Å². The molecule has 0 aliphatic carbocycles. The lowest BCUT2D eigenvalue weighted by Gasteiger charge is -2.05. The number of aromatic nitrogens is 2. The molecule has 3 rings (SSSR count). The van der Waals surface area contributed by atoms with Gasteiger partial charge in [-0.1, -0.05) is 44.2 Å². The Hall–Kier alpha value is -2.42. The molecule has 1 heterocycles. The number of nitrogens with one attached hydrogen (secondary N) is 1. The average molecular weight is 278 g/mol. The minimum Gasteiger partial charge on any atom is -0.338 e. The second kappa shape index (κ2) is 5.17. The molecule has 1 aromatic heterocycles. The van der Waals surface area contributed by atoms with Crippen LogP contribution in [0.3, 0.4) is 0 Å². The van der Waals surface area contributed by atoms with Gasteiger partial charge in [0, 0.05) is 11.1 Å². The summed E-state index contributed by atoms with van der Waals surface area (Å²) in [5.41, 5.74) is 4.64. The Morgan fingerprint density at radius 2 is 1.81 bits per heavy atom. The topological polar surface area (TPSA) is 45.8 Å². The van der Waals surface area contributed by atoms with Crippen LogP contribution in [0.2, 0.25) is 0 Å². The molecule has 0 amide bonds. The highest BCUT2D eigenvalue weighted by Crippen LogP contribution is 2.24. The first-order chi connectivity index (χ1) is 10.1. The molecule has 0 saturated carbocycles. The van der Waals surface area contributed by atoms with Crippen molar-refractivity contribution in [3.8, 4) is 11.4 Å². The summed E-state index contributed by atoms with van der Waals surface area (Å²) in [6.07, 6.45) is 0. The van der Waals surface area contributed by atoms with Gasteiger partial charge >= 0.3 is 0 Å². The number of carbonyl (C=O) groups is 1. The predicted molar refractivity (Wildman–Crippen MR) is 85.6 cm³/mol. The van der Waals surface area contributed by atoms with Crippen molar-refractivity contribution in [1.29, 1.82) is 0 Å². The zero-order valence-corrected chi connectivity index (χ0v) is 12.5. The number of para-hydroxylation sites is 1. The number of rotatable bonds is 3. The fourth-order valence-electron chi connectivity index (χ4n) is 2.48. The maximum atomic E-state index is 11.7. The summed E-state index contributed by atoms with van der Waals surface area (Å²) in [5, 5.41) is 0. The molecule has 0 unspecified atom stereocenters. The van der Waals surface area contributed by atoms with E-state index in [1.807, 2.05) is 18.2 Å². The number of ketones is 1. The molecule has 3 nitrogen and oxygen atoms in total. The van der Waals surface area contributed by atoms with Crippen LogP contribution in [0.15, 0.2) is 42.5 Å². The minimum atomic E-state index is 0.0359. The summed E-state index contributed by atoms with van der Waals surface area (Å²) >= 11 is 0. The largest absolute Gasteiger partial charge is 0.338 e. The maximum Gasteiger partial charge on any atom is 0.162 e. The molecule has 106 valence electrons. The van der Waals surface area contributed by atoms with Crippen LogP contribution >= 0.6 is 0 Å². The van der Waals surface area contributed by atoms with Crippen molar-refractivity contribution < 1.29 is 4.79 Å². The quantitative estimate of drug-likeness (QED) is 0.714. The van der Waals surface area contributed by atoms with Crippen molar-refractivity contribution in [3.63, 3.8) is 0 Å². The fourth-order valence-corrected chi connectivity index (χ4v) is 2.48. The van der Waals surface area contributed by atoms with Gasteiger partial charge in [0.05, 0.1) is 11.0 Å². The van der Waals surface area contributed by atoms with Crippen LogP contribution in [0.4, 0.5) is 0 Å². The second-order valence-electron chi connectivity index (χ2n) is 5.62. The van der Waals surface area contributed by atoms with Crippen molar-refractivity contribution in [3.05, 3.63) is 53.6 Å². The predicted octanol–water partition coefficient (Wildman–Crippen LogP) is 4.56. The summed E-state index contributed by atoms with van der Waals surface area (Å²) in [7, 11) is 0. The van der Waals surface area contributed by atoms with Crippen LogP contribution in [0.5, 0.6) is 0 Å². The van der Waals surface area contributed by atoms with Crippen LogP contribution in [0, 0.1) is 0 Å². The molecule has 0 bridgehead atoms. The van der Waals surface area contributed by atoms with Gasteiger partial charge in [-0.3, -0.25) is 4.79 Å². The normalized spacial score (nSPS) is 11.2. The van der Waals surface area contributed by atoms with Gasteiger partial charge in [0.25, 0.3) is 0 Å². The molecule has 0 aliphatic heterocycles. The third-order valence-corrected chi connectivity index (χ3v) is 3.74. The fraction of sp³-hybridized carbons (Fsp3) is 0.222. The number of aromatic amines is 1. The van der Waals surface area contributed by atoms with E-state index in [-0.39, 0.29) is 5.78 Å². The van der Waals surface area contributed by atoms with Crippen LogP contribution < -0.4 is 0 Å². The number of hydrogen-bond donors (Lipinski definition) is 1. The molecule has 2 aromatic carbocycles. The smallest absolute Gasteiger partial charge is 0.162 e. The van der Waals surface area contributed by atoms with Crippen molar-refractivity contribution in [2.45, 2.75) is 26.7 Å². The highest BCUT2D eigenvalue weighted by molar-refractivity contribution is 6.05. The Kier molecular flexibility index (Phi) is 3.34. The molecule has 1 N–H and O–H groups in total. The number of imidazole rings is 1. The van der Waals surface area contributed by atoms with E-state index >= 15 is 0 Å². The van der Waals surface area contributed by atoms with Crippen LogP contribution in [-0.4, -0.2) is 15.8 Å². The number of nitrogens with zero attached hydrogens (tertiary/aromatic N) is 1. The van der Waals surface area contributed by atoms with Crippen LogP contribution in [-0.2, 0) is 0 Å². The lowest BCUT2D eigenvalue weighted by atomic mass is 10.0. The molecule has 3 aromatic rings. The Morgan fingerprint density at radius 3 is 2.43 bits per heavy atom. The Labute approximate surface area is 124 Å². The average Bonchev–Trinajstić information content (AvgIpc) is 2.90. The van der Waals surface area contributed by atoms with E-state index in [0.29, 0.717) is 11.5 Å². The van der Waals surface area contributed by atoms with Gasteiger partial charge in [0.15, 0.2) is 5.78 Å². The molecule has 21 heavy (non-hydrogen) atoms. The van der Waals surface area contributed by atoms with Crippen molar-refractivity contribution >= 4 is 16.8 Å². The lowest BCUT2D eigenvalue weighted by Crippen LogP contribution is -1.92. The standard InChI is InChI=1S/C18H18N2O/c1-11(2)13-7-9-14(10-8-13)18-19-16-6-4-5-15(12(3)21)17(16)20-18/h4-11H,1-3H3,(H,19,20). The summed E-state index contributed by atoms with van der Waals surface area (Å²) in [6.45, 7) is 5.92. The number of hydrogen-bond acceptors (Lipinski definition) is 2. The summed E-state index contributed by atoms with van der Waals surface area (Å²) in [4.78, 5) is 19.6. The Balaban J connectivity index is 2.09. The molecular formula is C18H18N2O. The number of Topliss-reactive ketones (excluding diaryl/α,β-unsaturated/α-hetero) is 1. The summed E-state index contributed by atoms with van der Waals surface area (Å²) < 4.78 is 0. The third-order valence-electron chi connectivity index (χ3n) is 3.74. The van der Waals surface area contributed by atoms with Crippen molar-refractivity contribution in [2.24, 2.45) is 0 Å². The van der Waals surface area contributed by atoms with Crippen molar-refractivity contribution in [1.82, 2.24) is 9.97 Å². The molecule has 3 heteroatoms. The van der Waals surface area contributed by atoms with Crippen molar-refractivity contribution in [2.75, 3.05) is 0 Å². The molecule has 0 saturated heterocycles. The molecule has 0 fully saturated rings. The van der Waals surface area contributed by atoms with E-state index in [0.717, 1.165) is 22.4 Å². The number of fused-ring (bicyclic) bond motifs is 1. The minimum absolute atomic E-state index is 0.0359. The zero-order valence-electron chi connectivity index (χ0n) is 12.5. The van der Waals surface area contributed by atoms with E-state index in [1.165, 1.54) is 5.56 Å². The van der Waals surface area contributed by atoms with E-state index in [1.54, 1.807) is 6.92 Å². The van der Waals surface area contributed by atoms with E-state index < -0.39 is 0 Å². The van der Waals surface area contributed by atoms with Crippen LogP contribution in [0.25, 0.3) is 22.4 Å². The van der Waals surface area contributed by atoms with Gasteiger partial charge in [-0.05, 0) is 30.5 Å². The Morgan fingerprint density at radius 1 is 1.10 bits per heavy atom. The number of H-pyrrole nitrogens is 1. The highest BCUT2D eigenvalue weighted by Gasteiger charge is 2.11. The second-order valence-corrected chi connectivity index (χ2v) is 5.62. The van der Waals surface area contributed by atoms with Gasteiger partial charge in [-0.2, -0.15) is 0 Å². The molecular weight excluding hydrogens is 260 g/mol. The lowest BCUT2D eigenvalue weighted by molar-refractivity contribution is 0.101. The SMILES string of the molecule is CC(=O)c1cccc2[nH]c(-c3ccc(C(C)C)cc3)nc12. The number of benzene rings is 2. The van der Waals surface area contributed by atoms with E-state index in [2.05, 4.69) is 48.1 Å². The molecule has 0 radical (unpaired) electrons. The Bertz CT molecular complexity index is 798. The van der Waals surface area contributed by atoms with Gasteiger partial charge in [-0.25, -0.2) is 4.98 Å². The van der Waals surface area contributed by atoms with E-state index in [4.69, 9.17) is 0 Å². The summed E-state index contributed by atoms with van der Waals surface area (Å²) in [5.74, 6) is 1.35. The third kappa shape index (κ3) is 2.47. The maximum absolute atomic E-state index is 11.7. The molecule has 0 atom stereocenters. The van der Waals surface area contributed by atoms with Gasteiger partial charge in [0.1, 0.15) is 5.82 Å². The molecule has 0 spiro atoms. The summed E-state index contributed by atoms with van der Waals surface area (Å²) in [6, 6.07) is 14.0. The van der Waals surface area contributed by atoms with E-state index in [9.17, 15) is 4.79 Å². The first-order valence-electron chi connectivity index (χ1n) is 7.16. The van der Waals surface area contributed by atoms with Gasteiger partial charge < -0.3 is 4.98 Å². The first kappa shape index (κ1) is 13.6. The zero-order chi connectivity index (χ0) is 15.0. The van der Waals surface area contributed by atoms with Gasteiger partial charge in [-0.15, -0.1) is 0 Å². The first-order valence-corrected chi connectivity index (χ1v) is 7.16. The van der Waals surface area contributed by atoms with Crippen LogP contribution in [0.1, 0.15) is 42.6 Å². The molecule has 0 aliphatic rings. The highest BCUT2D eigenvalue weighted by atomic mass is 16.1. The number of carbonyl (C=O) groups excluding carboxylic acids is 1. The monoisotopic (exact) mass is 278 g/mol.